The molecule has 2 aliphatic rings. The smallest absolute Gasteiger partial charge is 0.227 e. The molecule has 2 aliphatic heterocycles. The molecule has 0 bridgehead atoms. The molecule has 0 saturated carbocycles. The van der Waals surface area contributed by atoms with Gasteiger partial charge in [-0.3, -0.25) is 14.5 Å². The number of rotatable bonds is 7. The topological polar surface area (TPSA) is 79.1 Å². The van der Waals surface area contributed by atoms with Crippen LogP contribution < -0.4 is 4.74 Å². The largest absolute Gasteiger partial charge is 0.493 e. The third-order valence-electron chi connectivity index (χ3n) is 6.70. The van der Waals surface area contributed by atoms with Gasteiger partial charge in [-0.05, 0) is 38.8 Å². The molecule has 1 aromatic carbocycles. The molecule has 1 unspecified atom stereocenters. The van der Waals surface area contributed by atoms with Gasteiger partial charge >= 0.3 is 0 Å². The summed E-state index contributed by atoms with van der Waals surface area (Å²) in [5.74, 6) is 1.78. The molecule has 2 fully saturated rings. The molecule has 1 atom stereocenters. The molecule has 2 aromatic rings. The van der Waals surface area contributed by atoms with Crippen molar-refractivity contribution in [2.24, 2.45) is 5.92 Å². The first-order valence-electron chi connectivity index (χ1n) is 11.9. The Kier molecular flexibility index (Phi) is 7.65. The van der Waals surface area contributed by atoms with Gasteiger partial charge in [0.15, 0.2) is 0 Å². The highest BCUT2D eigenvalue weighted by atomic mass is 16.5. The molecule has 2 saturated heterocycles. The van der Waals surface area contributed by atoms with Crippen LogP contribution in [0.3, 0.4) is 0 Å². The van der Waals surface area contributed by atoms with Crippen LogP contribution >= 0.6 is 0 Å². The standard InChI is InChI=1S/C25H34N4O4/c1-19-23(20(2)33-26-19)18-27-12-14-28(15-13-27)25(31)21-7-6-11-29(17-21)24(30)10-16-32-22-8-4-3-5-9-22/h3-5,8-9,21H,6-7,10-18H2,1-2H3. The van der Waals surface area contributed by atoms with Gasteiger partial charge in [0.05, 0.1) is 24.6 Å². The Morgan fingerprint density at radius 3 is 2.52 bits per heavy atom. The van der Waals surface area contributed by atoms with Gasteiger partial charge in [-0.1, -0.05) is 23.4 Å². The fourth-order valence-electron chi connectivity index (χ4n) is 4.67. The summed E-state index contributed by atoms with van der Waals surface area (Å²) < 4.78 is 10.9. The average Bonchev–Trinajstić information content (AvgIpc) is 3.17. The molecule has 2 amide bonds. The molecule has 4 rings (SSSR count). The molecule has 0 radical (unpaired) electrons. The normalized spacial score (nSPS) is 19.5. The Hall–Kier alpha value is -2.87. The lowest BCUT2D eigenvalue weighted by Gasteiger charge is -2.39. The first kappa shape index (κ1) is 23.3. The Morgan fingerprint density at radius 1 is 1.06 bits per heavy atom. The van der Waals surface area contributed by atoms with Gasteiger partial charge in [0.2, 0.25) is 11.8 Å². The van der Waals surface area contributed by atoms with E-state index in [1.54, 1.807) is 0 Å². The average molecular weight is 455 g/mol. The Morgan fingerprint density at radius 2 is 1.82 bits per heavy atom. The van der Waals surface area contributed by atoms with E-state index in [1.807, 2.05) is 54.0 Å². The van der Waals surface area contributed by atoms with Crippen molar-refractivity contribution in [2.75, 3.05) is 45.9 Å². The lowest BCUT2D eigenvalue weighted by molar-refractivity contribution is -0.142. The first-order chi connectivity index (χ1) is 16.0. The minimum atomic E-state index is -0.105. The molecule has 0 spiro atoms. The summed E-state index contributed by atoms with van der Waals surface area (Å²) in [6.07, 6.45) is 2.05. The zero-order valence-corrected chi connectivity index (χ0v) is 19.7. The number of para-hydroxylation sites is 1. The van der Waals surface area contributed by atoms with Crippen molar-refractivity contribution in [3.63, 3.8) is 0 Å². The van der Waals surface area contributed by atoms with Crippen LogP contribution in [0.15, 0.2) is 34.9 Å². The van der Waals surface area contributed by atoms with Gasteiger partial charge in [-0.15, -0.1) is 0 Å². The number of likely N-dealkylation sites (tertiary alicyclic amines) is 1. The number of amides is 2. The minimum Gasteiger partial charge on any atom is -0.493 e. The quantitative estimate of drug-likeness (QED) is 0.640. The number of piperazine rings is 1. The van der Waals surface area contributed by atoms with Gasteiger partial charge in [0, 0.05) is 51.4 Å². The van der Waals surface area contributed by atoms with Crippen molar-refractivity contribution in [2.45, 2.75) is 39.7 Å². The molecule has 178 valence electrons. The summed E-state index contributed by atoms with van der Waals surface area (Å²) in [5, 5.41) is 4.04. The number of hydrogen-bond donors (Lipinski definition) is 0. The Labute approximate surface area is 195 Å². The van der Waals surface area contributed by atoms with Crippen molar-refractivity contribution in [3.05, 3.63) is 47.3 Å². The van der Waals surface area contributed by atoms with Crippen LogP contribution in [0, 0.1) is 19.8 Å². The second-order valence-electron chi connectivity index (χ2n) is 8.99. The maximum Gasteiger partial charge on any atom is 0.227 e. The van der Waals surface area contributed by atoms with E-state index in [0.717, 1.165) is 74.9 Å². The number of carbonyl (C=O) groups is 2. The molecule has 1 aromatic heterocycles. The zero-order chi connectivity index (χ0) is 23.2. The summed E-state index contributed by atoms with van der Waals surface area (Å²) in [7, 11) is 0. The van der Waals surface area contributed by atoms with E-state index in [-0.39, 0.29) is 17.7 Å². The number of aryl methyl sites for hydroxylation is 2. The highest BCUT2D eigenvalue weighted by Gasteiger charge is 2.32. The van der Waals surface area contributed by atoms with E-state index in [0.29, 0.717) is 19.6 Å². The molecule has 0 N–H and O–H groups in total. The van der Waals surface area contributed by atoms with Crippen LogP contribution in [0.2, 0.25) is 0 Å². The van der Waals surface area contributed by atoms with Gasteiger partial charge < -0.3 is 19.1 Å². The number of nitrogens with zero attached hydrogens (tertiary/aromatic N) is 4. The predicted octanol–water partition coefficient (Wildman–Crippen LogP) is 2.64. The number of piperidine rings is 1. The summed E-state index contributed by atoms with van der Waals surface area (Å²) in [4.78, 5) is 32.0. The van der Waals surface area contributed by atoms with Gasteiger partial charge in [-0.25, -0.2) is 0 Å². The number of carbonyl (C=O) groups excluding carboxylic acids is 2. The number of hydrogen-bond acceptors (Lipinski definition) is 6. The van der Waals surface area contributed by atoms with Crippen molar-refractivity contribution in [1.29, 1.82) is 0 Å². The van der Waals surface area contributed by atoms with Crippen molar-refractivity contribution in [3.8, 4) is 5.75 Å². The van der Waals surface area contributed by atoms with Crippen LogP contribution in [0.4, 0.5) is 0 Å². The number of aromatic nitrogens is 1. The Bertz CT molecular complexity index is 918. The second-order valence-corrected chi connectivity index (χ2v) is 8.99. The molecular formula is C25H34N4O4. The van der Waals surface area contributed by atoms with Crippen molar-refractivity contribution in [1.82, 2.24) is 19.9 Å². The van der Waals surface area contributed by atoms with Crippen molar-refractivity contribution >= 4 is 11.8 Å². The second kappa shape index (κ2) is 10.8. The summed E-state index contributed by atoms with van der Waals surface area (Å²) in [5.41, 5.74) is 2.08. The van der Waals surface area contributed by atoms with Gasteiger partial charge in [0.25, 0.3) is 0 Å². The maximum atomic E-state index is 13.2. The highest BCUT2D eigenvalue weighted by Crippen LogP contribution is 2.22. The predicted molar refractivity (Wildman–Crippen MR) is 124 cm³/mol. The number of ether oxygens (including phenoxy) is 1. The van der Waals surface area contributed by atoms with E-state index >= 15 is 0 Å². The van der Waals surface area contributed by atoms with E-state index in [2.05, 4.69) is 10.1 Å². The summed E-state index contributed by atoms with van der Waals surface area (Å²) in [6.45, 7) is 9.42. The van der Waals surface area contributed by atoms with Crippen LogP contribution in [0.1, 0.15) is 36.3 Å². The van der Waals surface area contributed by atoms with Crippen LogP contribution in [-0.2, 0) is 16.1 Å². The monoisotopic (exact) mass is 454 g/mol. The van der Waals surface area contributed by atoms with Crippen LogP contribution in [0.5, 0.6) is 5.75 Å². The lowest BCUT2D eigenvalue weighted by atomic mass is 9.96. The van der Waals surface area contributed by atoms with E-state index in [1.165, 1.54) is 0 Å². The van der Waals surface area contributed by atoms with E-state index < -0.39 is 0 Å². The van der Waals surface area contributed by atoms with Gasteiger partial charge in [0.1, 0.15) is 11.5 Å². The zero-order valence-electron chi connectivity index (χ0n) is 19.7. The summed E-state index contributed by atoms with van der Waals surface area (Å²) in [6, 6.07) is 9.52. The number of benzene rings is 1. The van der Waals surface area contributed by atoms with Gasteiger partial charge in [-0.2, -0.15) is 0 Å². The van der Waals surface area contributed by atoms with Crippen molar-refractivity contribution < 1.29 is 18.8 Å². The third-order valence-corrected chi connectivity index (χ3v) is 6.70. The molecule has 8 heteroatoms. The molecule has 0 aliphatic carbocycles. The third kappa shape index (κ3) is 5.93. The molecule has 8 nitrogen and oxygen atoms in total. The maximum absolute atomic E-state index is 13.2. The van der Waals surface area contributed by atoms with E-state index in [4.69, 9.17) is 9.26 Å². The highest BCUT2D eigenvalue weighted by molar-refractivity contribution is 5.81. The van der Waals surface area contributed by atoms with E-state index in [9.17, 15) is 9.59 Å². The summed E-state index contributed by atoms with van der Waals surface area (Å²) >= 11 is 0. The van der Waals surface area contributed by atoms with Crippen LogP contribution in [-0.4, -0.2) is 77.5 Å². The molecular weight excluding hydrogens is 420 g/mol. The molecule has 3 heterocycles. The minimum absolute atomic E-state index is 0.0627. The van der Waals surface area contributed by atoms with Crippen LogP contribution in [0.25, 0.3) is 0 Å². The fraction of sp³-hybridized carbons (Fsp3) is 0.560. The SMILES string of the molecule is Cc1noc(C)c1CN1CCN(C(=O)C2CCCN(C(=O)CCOc3ccccc3)C2)CC1. The molecule has 33 heavy (non-hydrogen) atoms. The fourth-order valence-corrected chi connectivity index (χ4v) is 4.67. The Balaban J connectivity index is 1.22. The first-order valence-corrected chi connectivity index (χ1v) is 11.9. The lowest BCUT2D eigenvalue weighted by Crippen LogP contribution is -2.52.